The van der Waals surface area contributed by atoms with Crippen molar-refractivity contribution in [3.05, 3.63) is 138 Å². The van der Waals surface area contributed by atoms with Crippen molar-refractivity contribution >= 4 is 44.8 Å². The van der Waals surface area contributed by atoms with Gasteiger partial charge in [-0.2, -0.15) is 0 Å². The first-order valence-electron chi connectivity index (χ1n) is 18.1. The average Bonchev–Trinajstić information content (AvgIpc) is 3.70. The molecule has 0 amide bonds. The smallest absolute Gasteiger partial charge is 0.305 e. The molecule has 7 aromatic rings. The lowest BCUT2D eigenvalue weighted by Gasteiger charge is -2.15. The molecule has 0 saturated carbocycles. The zero-order valence-corrected chi connectivity index (χ0v) is 31.2. The maximum atomic E-state index is 13.5. The van der Waals surface area contributed by atoms with Crippen molar-refractivity contribution in [2.75, 3.05) is 6.54 Å². The molecule has 0 aliphatic carbocycles. The third kappa shape index (κ3) is 10.4. The molecule has 0 aliphatic rings. The van der Waals surface area contributed by atoms with Crippen LogP contribution in [0.15, 0.2) is 115 Å². The number of phenolic OH excluding ortho intramolecular Hbond substituents is 1. The number of hydrazine groups is 1. The van der Waals surface area contributed by atoms with E-state index in [9.17, 15) is 24.5 Å². The summed E-state index contributed by atoms with van der Waals surface area (Å²) in [5, 5.41) is 41.5. The molecule has 55 heavy (non-hydrogen) atoms. The van der Waals surface area contributed by atoms with E-state index >= 15 is 0 Å². The van der Waals surface area contributed by atoms with E-state index in [0.29, 0.717) is 0 Å². The number of pyridine rings is 1. The SMILES string of the molecule is CC(C)n1c(/C=C/[C@@H](O)C[C@@H](O)CC(=O)O)c(-c2ccc(F)cc2)c2ccccc21.Cc1nccc2c1[nH]c1cc(O)ccc12.NNCCc1ccccc1. The van der Waals surface area contributed by atoms with Crippen molar-refractivity contribution in [1.82, 2.24) is 20.0 Å². The lowest BCUT2D eigenvalue weighted by molar-refractivity contribution is -0.139. The number of aliphatic hydroxyl groups is 2. The Bertz CT molecular complexity index is 2350. The number of aryl methyl sites for hydroxylation is 1. The molecule has 0 aliphatic heterocycles. The number of aromatic hydroxyl groups is 1. The number of carboxylic acids is 1. The van der Waals surface area contributed by atoms with Crippen LogP contribution >= 0.6 is 0 Å². The van der Waals surface area contributed by atoms with E-state index < -0.39 is 24.6 Å². The van der Waals surface area contributed by atoms with Gasteiger partial charge in [-0.3, -0.25) is 21.0 Å². The van der Waals surface area contributed by atoms with Crippen LogP contribution in [0.3, 0.4) is 0 Å². The van der Waals surface area contributed by atoms with Crippen LogP contribution in [-0.2, 0) is 11.2 Å². The van der Waals surface area contributed by atoms with E-state index in [-0.39, 0.29) is 24.0 Å². The fourth-order valence-electron chi connectivity index (χ4n) is 6.58. The second-order valence-electron chi connectivity index (χ2n) is 13.5. The summed E-state index contributed by atoms with van der Waals surface area (Å²) < 4.78 is 15.6. The van der Waals surface area contributed by atoms with Crippen LogP contribution in [0.2, 0.25) is 0 Å². The number of para-hydroxylation sites is 1. The Morgan fingerprint density at radius 2 is 1.65 bits per heavy atom. The first kappa shape index (κ1) is 40.3. The predicted molar refractivity (Wildman–Crippen MR) is 218 cm³/mol. The van der Waals surface area contributed by atoms with Gasteiger partial charge in [0.05, 0.1) is 35.4 Å². The van der Waals surface area contributed by atoms with Crippen molar-refractivity contribution in [3.8, 4) is 16.9 Å². The number of aliphatic hydroxyl groups excluding tert-OH is 2. The standard InChI is InChI=1S/C24H26FNO4.C12H10N2O.C8H12N2/c1-15(2)26-21-6-4-3-5-20(21)24(16-7-9-17(25)10-8-16)22(26)12-11-18(27)13-19(28)14-23(29)30;1-7-12-10(4-5-13-7)9-3-2-8(15)6-11(9)14-12;9-10-7-6-8-4-2-1-3-5-8/h3-12,15,18-19,27-28H,13-14H2,1-2H3,(H,29,30);2-6,14-15H,1H3;1-5,10H,6-7,9H2/b12-11+;;/t18-,19-;;/m1../s1. The number of aliphatic carboxylic acids is 1. The molecular weight excluding hydrogens is 698 g/mol. The number of rotatable bonds is 11. The quantitative estimate of drug-likeness (QED) is 0.0515. The summed E-state index contributed by atoms with van der Waals surface area (Å²) in [7, 11) is 0. The summed E-state index contributed by atoms with van der Waals surface area (Å²) in [6.07, 6.45) is 3.53. The van der Waals surface area contributed by atoms with Crippen LogP contribution in [-0.4, -0.2) is 59.7 Å². The molecule has 286 valence electrons. The summed E-state index contributed by atoms with van der Waals surface area (Å²) in [5.74, 6) is 3.98. The molecule has 2 atom stereocenters. The van der Waals surface area contributed by atoms with Gasteiger partial charge in [-0.25, -0.2) is 4.39 Å². The maximum Gasteiger partial charge on any atom is 0.305 e. The van der Waals surface area contributed by atoms with Crippen LogP contribution in [0.1, 0.15) is 49.7 Å². The van der Waals surface area contributed by atoms with Gasteiger partial charge in [0.25, 0.3) is 0 Å². The number of aromatic amines is 1. The molecule has 3 aromatic heterocycles. The van der Waals surface area contributed by atoms with Gasteiger partial charge in [0.2, 0.25) is 0 Å². The molecule has 7 rings (SSSR count). The number of nitrogens with one attached hydrogen (secondary N) is 2. The minimum absolute atomic E-state index is 0.0728. The molecule has 8 N–H and O–H groups in total. The molecule has 11 heteroatoms. The molecule has 0 unspecified atom stereocenters. The third-order valence-electron chi connectivity index (χ3n) is 9.09. The number of nitrogens with two attached hydrogens (primary N) is 1. The monoisotopic (exact) mass is 745 g/mol. The lowest BCUT2D eigenvalue weighted by Crippen LogP contribution is -2.24. The van der Waals surface area contributed by atoms with Crippen LogP contribution < -0.4 is 11.3 Å². The van der Waals surface area contributed by atoms with Gasteiger partial charge in [0, 0.05) is 64.2 Å². The average molecular weight is 746 g/mol. The van der Waals surface area contributed by atoms with E-state index in [1.54, 1.807) is 42.6 Å². The minimum atomic E-state index is -1.13. The van der Waals surface area contributed by atoms with Crippen molar-refractivity contribution in [1.29, 1.82) is 0 Å². The number of halogens is 1. The number of hydrogen-bond acceptors (Lipinski definition) is 7. The van der Waals surface area contributed by atoms with Crippen molar-refractivity contribution in [3.63, 3.8) is 0 Å². The van der Waals surface area contributed by atoms with Gasteiger partial charge in [0.15, 0.2) is 0 Å². The molecule has 4 aromatic carbocycles. The van der Waals surface area contributed by atoms with Gasteiger partial charge in [-0.05, 0) is 80.8 Å². The number of H-pyrrole nitrogens is 1. The number of aromatic nitrogens is 3. The third-order valence-corrected chi connectivity index (χ3v) is 9.09. The first-order chi connectivity index (χ1) is 26.5. The van der Waals surface area contributed by atoms with Gasteiger partial charge in [0.1, 0.15) is 11.6 Å². The Labute approximate surface area is 319 Å². The second-order valence-corrected chi connectivity index (χ2v) is 13.5. The summed E-state index contributed by atoms with van der Waals surface area (Å²) in [4.78, 5) is 18.2. The normalized spacial score (nSPS) is 12.4. The molecule has 0 radical (unpaired) electrons. The largest absolute Gasteiger partial charge is 0.508 e. The highest BCUT2D eigenvalue weighted by Gasteiger charge is 2.19. The number of phenols is 1. The predicted octanol–water partition coefficient (Wildman–Crippen LogP) is 8.05. The summed E-state index contributed by atoms with van der Waals surface area (Å²) >= 11 is 0. The number of hydrogen-bond donors (Lipinski definition) is 7. The molecule has 0 spiro atoms. The van der Waals surface area contributed by atoms with Crippen LogP contribution in [0.5, 0.6) is 5.75 Å². The fourth-order valence-corrected chi connectivity index (χ4v) is 6.58. The van der Waals surface area contributed by atoms with Gasteiger partial charge in [-0.1, -0.05) is 66.7 Å². The molecule has 0 fully saturated rings. The Kier molecular flexibility index (Phi) is 13.9. The number of carbonyl (C=O) groups is 1. The second kappa shape index (κ2) is 19.0. The topological polar surface area (TPSA) is 170 Å². The minimum Gasteiger partial charge on any atom is -0.508 e. The van der Waals surface area contributed by atoms with Crippen LogP contribution in [0, 0.1) is 12.7 Å². The number of fused-ring (bicyclic) bond motifs is 4. The highest BCUT2D eigenvalue weighted by Crippen LogP contribution is 2.38. The molecular formula is C44H48FN5O5. The van der Waals surface area contributed by atoms with E-state index in [1.807, 2.05) is 61.5 Å². The zero-order chi connectivity index (χ0) is 39.5. The van der Waals surface area contributed by atoms with Gasteiger partial charge >= 0.3 is 5.97 Å². The van der Waals surface area contributed by atoms with Crippen LogP contribution in [0.25, 0.3) is 49.9 Å². The van der Waals surface area contributed by atoms with E-state index in [2.05, 4.69) is 45.9 Å². The van der Waals surface area contributed by atoms with Gasteiger partial charge < -0.3 is 30.0 Å². The number of nitrogens with zero attached hydrogens (tertiary/aromatic N) is 2. The maximum absolute atomic E-state index is 13.5. The van der Waals surface area contributed by atoms with Crippen molar-refractivity contribution in [2.24, 2.45) is 5.84 Å². The Morgan fingerprint density at radius 1 is 0.945 bits per heavy atom. The lowest BCUT2D eigenvalue weighted by atomic mass is 10.0. The molecule has 10 nitrogen and oxygen atoms in total. The highest BCUT2D eigenvalue weighted by atomic mass is 19.1. The summed E-state index contributed by atoms with van der Waals surface area (Å²) in [5.41, 5.74) is 10.5. The summed E-state index contributed by atoms with van der Waals surface area (Å²) in [6.45, 7) is 6.93. The number of carboxylic acid groups (broad SMARTS) is 1. The Balaban J connectivity index is 0.000000190. The van der Waals surface area contributed by atoms with Crippen LogP contribution in [0.4, 0.5) is 4.39 Å². The van der Waals surface area contributed by atoms with Crippen molar-refractivity contribution in [2.45, 2.75) is 58.3 Å². The number of benzene rings is 4. The Hall–Kier alpha value is -5.85. The van der Waals surface area contributed by atoms with Gasteiger partial charge in [-0.15, -0.1) is 0 Å². The molecule has 3 heterocycles. The van der Waals surface area contributed by atoms with E-state index in [1.165, 1.54) is 17.7 Å². The van der Waals surface area contributed by atoms with E-state index in [0.717, 1.165) is 68.2 Å². The van der Waals surface area contributed by atoms with E-state index in [4.69, 9.17) is 10.9 Å². The first-order valence-corrected chi connectivity index (χ1v) is 18.1. The Morgan fingerprint density at radius 3 is 2.35 bits per heavy atom. The highest BCUT2D eigenvalue weighted by molar-refractivity contribution is 6.08. The molecule has 0 saturated heterocycles. The fraction of sp³-hybridized carbons (Fsp3) is 0.227. The van der Waals surface area contributed by atoms with Crippen molar-refractivity contribution < 1.29 is 29.6 Å². The zero-order valence-electron chi connectivity index (χ0n) is 31.2. The summed E-state index contributed by atoms with van der Waals surface area (Å²) in [6, 6.07) is 32.0. The molecule has 0 bridgehead atoms.